The molecule has 0 saturated carbocycles. The topological polar surface area (TPSA) is 90.7 Å². The van der Waals surface area contributed by atoms with Crippen molar-refractivity contribution in [1.29, 1.82) is 0 Å². The summed E-state index contributed by atoms with van der Waals surface area (Å²) in [7, 11) is 1.41. The quantitative estimate of drug-likeness (QED) is 0.433. The maximum atomic E-state index is 12.3. The highest BCUT2D eigenvalue weighted by molar-refractivity contribution is 5.97. The third kappa shape index (κ3) is 5.20. The van der Waals surface area contributed by atoms with Gasteiger partial charge in [0.1, 0.15) is 11.5 Å². The van der Waals surface area contributed by atoms with Crippen molar-refractivity contribution in [2.24, 2.45) is 0 Å². The van der Waals surface area contributed by atoms with E-state index in [1.54, 1.807) is 0 Å². The number of carbonyl (C=O) groups is 1. The van der Waals surface area contributed by atoms with Crippen LogP contribution in [-0.4, -0.2) is 31.1 Å². The van der Waals surface area contributed by atoms with Crippen molar-refractivity contribution >= 4 is 11.6 Å². The third-order valence-corrected chi connectivity index (χ3v) is 4.27. The van der Waals surface area contributed by atoms with E-state index in [0.717, 1.165) is 16.9 Å². The number of carbonyl (C=O) groups excluding carboxylic acids is 1. The summed E-state index contributed by atoms with van der Waals surface area (Å²) < 4.78 is 10.9. The number of nitrogens with zero attached hydrogens (tertiary/aromatic N) is 1. The summed E-state index contributed by atoms with van der Waals surface area (Å²) in [4.78, 5) is 22.7. The van der Waals surface area contributed by atoms with Gasteiger partial charge >= 0.3 is 0 Å². The van der Waals surface area contributed by atoms with Gasteiger partial charge in [0.15, 0.2) is 0 Å². The molecule has 0 aromatic heterocycles. The average molecular weight is 372 g/mol. The van der Waals surface area contributed by atoms with Gasteiger partial charge in [-0.25, -0.2) is 0 Å². The zero-order valence-electron chi connectivity index (χ0n) is 16.0. The molecule has 0 spiro atoms. The van der Waals surface area contributed by atoms with Gasteiger partial charge in [0, 0.05) is 18.7 Å². The first kappa shape index (κ1) is 20.2. The fraction of sp³-hybridized carbons (Fsp3) is 0.350. The number of nitro benzene ring substituents is 1. The molecule has 1 amide bonds. The highest BCUT2D eigenvalue weighted by atomic mass is 16.6. The summed E-state index contributed by atoms with van der Waals surface area (Å²) in [6, 6.07) is 8.03. The first-order chi connectivity index (χ1) is 12.8. The number of non-ortho nitro benzene ring substituents is 1. The fourth-order valence-electron chi connectivity index (χ4n) is 2.69. The van der Waals surface area contributed by atoms with Crippen molar-refractivity contribution in [3.05, 3.63) is 62.7 Å². The molecular weight excluding hydrogens is 348 g/mol. The summed E-state index contributed by atoms with van der Waals surface area (Å²) in [5, 5.41) is 13.6. The van der Waals surface area contributed by atoms with Crippen molar-refractivity contribution in [3.8, 4) is 11.5 Å². The van der Waals surface area contributed by atoms with Gasteiger partial charge in [-0.15, -0.1) is 0 Å². The monoisotopic (exact) mass is 372 g/mol. The molecular formula is C20H24N2O5. The molecule has 0 saturated heterocycles. The van der Waals surface area contributed by atoms with Crippen LogP contribution in [0.3, 0.4) is 0 Å². The second kappa shape index (κ2) is 9.02. The molecule has 144 valence electrons. The number of aryl methyl sites for hydroxylation is 2. The van der Waals surface area contributed by atoms with E-state index in [2.05, 4.69) is 11.4 Å². The first-order valence-corrected chi connectivity index (χ1v) is 8.64. The lowest BCUT2D eigenvalue weighted by Gasteiger charge is -2.13. The number of ether oxygens (including phenoxy) is 2. The molecule has 0 radical (unpaired) electrons. The molecule has 0 aliphatic heterocycles. The Kier molecular flexibility index (Phi) is 6.76. The number of nitro groups is 1. The van der Waals surface area contributed by atoms with Gasteiger partial charge in [-0.2, -0.15) is 0 Å². The van der Waals surface area contributed by atoms with Crippen molar-refractivity contribution < 1.29 is 19.2 Å². The summed E-state index contributed by atoms with van der Waals surface area (Å²) in [6.45, 7) is 6.92. The molecule has 2 aromatic carbocycles. The second-order valence-corrected chi connectivity index (χ2v) is 6.30. The third-order valence-electron chi connectivity index (χ3n) is 4.27. The van der Waals surface area contributed by atoms with E-state index in [0.29, 0.717) is 25.3 Å². The normalized spacial score (nSPS) is 10.4. The molecule has 0 unspecified atom stereocenters. The smallest absolute Gasteiger partial charge is 0.270 e. The summed E-state index contributed by atoms with van der Waals surface area (Å²) in [5.74, 6) is 0.720. The SMILES string of the molecule is COc1ccc([N+](=O)[O-])cc1C(=O)NCCCOc1cc(C)cc(C)c1C. The molecule has 0 bridgehead atoms. The van der Waals surface area contributed by atoms with Crippen LogP contribution in [0, 0.1) is 30.9 Å². The van der Waals surface area contributed by atoms with E-state index in [1.807, 2.05) is 26.8 Å². The molecule has 0 heterocycles. The number of amides is 1. The zero-order chi connectivity index (χ0) is 20.0. The van der Waals surface area contributed by atoms with Gasteiger partial charge in [-0.1, -0.05) is 6.07 Å². The average Bonchev–Trinajstić information content (AvgIpc) is 2.64. The Morgan fingerprint density at radius 2 is 1.89 bits per heavy atom. The molecule has 7 nitrogen and oxygen atoms in total. The molecule has 27 heavy (non-hydrogen) atoms. The number of methoxy groups -OCH3 is 1. The predicted octanol–water partition coefficient (Wildman–Crippen LogP) is 3.73. The van der Waals surface area contributed by atoms with Crippen LogP contribution < -0.4 is 14.8 Å². The summed E-state index contributed by atoms with van der Waals surface area (Å²) in [6.07, 6.45) is 0.607. The Hall–Kier alpha value is -3.09. The Labute approximate surface area is 158 Å². The second-order valence-electron chi connectivity index (χ2n) is 6.30. The van der Waals surface area contributed by atoms with E-state index < -0.39 is 10.8 Å². The summed E-state index contributed by atoms with van der Waals surface area (Å²) in [5.41, 5.74) is 3.40. The van der Waals surface area contributed by atoms with Gasteiger partial charge in [0.2, 0.25) is 0 Å². The largest absolute Gasteiger partial charge is 0.496 e. The van der Waals surface area contributed by atoms with E-state index in [-0.39, 0.29) is 11.3 Å². The van der Waals surface area contributed by atoms with Crippen LogP contribution in [0.4, 0.5) is 5.69 Å². The van der Waals surface area contributed by atoms with Crippen molar-refractivity contribution in [1.82, 2.24) is 5.32 Å². The molecule has 1 N–H and O–H groups in total. The molecule has 2 aromatic rings. The van der Waals surface area contributed by atoms with Crippen LogP contribution in [0.25, 0.3) is 0 Å². The van der Waals surface area contributed by atoms with Crippen LogP contribution in [-0.2, 0) is 0 Å². The van der Waals surface area contributed by atoms with Gasteiger partial charge in [-0.3, -0.25) is 14.9 Å². The lowest BCUT2D eigenvalue weighted by molar-refractivity contribution is -0.384. The van der Waals surface area contributed by atoms with Crippen LogP contribution in [0.1, 0.15) is 33.5 Å². The van der Waals surface area contributed by atoms with Crippen molar-refractivity contribution in [2.75, 3.05) is 20.3 Å². The first-order valence-electron chi connectivity index (χ1n) is 8.64. The zero-order valence-corrected chi connectivity index (χ0v) is 16.0. The maximum absolute atomic E-state index is 12.3. The molecule has 0 aliphatic rings. The minimum absolute atomic E-state index is 0.137. The minimum Gasteiger partial charge on any atom is -0.496 e. The Morgan fingerprint density at radius 3 is 2.56 bits per heavy atom. The van der Waals surface area contributed by atoms with Gasteiger partial charge < -0.3 is 14.8 Å². The molecule has 0 aliphatic carbocycles. The number of nitrogens with one attached hydrogen (secondary N) is 1. The predicted molar refractivity (Wildman–Crippen MR) is 103 cm³/mol. The lowest BCUT2D eigenvalue weighted by atomic mass is 10.1. The van der Waals surface area contributed by atoms with E-state index in [4.69, 9.17) is 9.47 Å². The van der Waals surface area contributed by atoms with E-state index >= 15 is 0 Å². The highest BCUT2D eigenvalue weighted by Crippen LogP contribution is 2.24. The number of hydrogen-bond acceptors (Lipinski definition) is 5. The van der Waals surface area contributed by atoms with Gasteiger partial charge in [0.05, 0.1) is 24.2 Å². The Balaban J connectivity index is 1.90. The Morgan fingerprint density at radius 1 is 1.15 bits per heavy atom. The van der Waals surface area contributed by atoms with Crippen LogP contribution in [0.2, 0.25) is 0 Å². The number of hydrogen-bond donors (Lipinski definition) is 1. The van der Waals surface area contributed by atoms with Crippen molar-refractivity contribution in [3.63, 3.8) is 0 Å². The van der Waals surface area contributed by atoms with Gasteiger partial charge in [0.25, 0.3) is 11.6 Å². The molecule has 2 rings (SSSR count). The molecule has 7 heteroatoms. The van der Waals surface area contributed by atoms with Crippen molar-refractivity contribution in [2.45, 2.75) is 27.2 Å². The van der Waals surface area contributed by atoms with Gasteiger partial charge in [-0.05, 0) is 56.0 Å². The lowest BCUT2D eigenvalue weighted by Crippen LogP contribution is -2.26. The maximum Gasteiger partial charge on any atom is 0.270 e. The standard InChI is InChI=1S/C20H24N2O5/c1-13-10-14(2)15(3)19(11-13)27-9-5-8-21-20(23)17-12-16(22(24)25)6-7-18(17)26-4/h6-7,10-12H,5,8-9H2,1-4H3,(H,21,23). The van der Waals surface area contributed by atoms with Crippen LogP contribution in [0.15, 0.2) is 30.3 Å². The van der Waals surface area contributed by atoms with Crippen LogP contribution in [0.5, 0.6) is 11.5 Å². The van der Waals surface area contributed by atoms with Crippen LogP contribution >= 0.6 is 0 Å². The fourth-order valence-corrected chi connectivity index (χ4v) is 2.69. The summed E-state index contributed by atoms with van der Waals surface area (Å²) >= 11 is 0. The molecule has 0 atom stereocenters. The highest BCUT2D eigenvalue weighted by Gasteiger charge is 2.17. The minimum atomic E-state index is -0.545. The number of rotatable bonds is 8. The van der Waals surface area contributed by atoms with E-state index in [9.17, 15) is 14.9 Å². The molecule has 0 fully saturated rings. The van der Waals surface area contributed by atoms with E-state index in [1.165, 1.54) is 30.9 Å². The Bertz CT molecular complexity index is 849. The number of benzene rings is 2.